The van der Waals surface area contributed by atoms with E-state index < -0.39 is 7.92 Å². The van der Waals surface area contributed by atoms with Crippen LogP contribution in [0, 0.1) is 5.41 Å². The maximum absolute atomic E-state index is 6.14. The molecule has 148 valence electrons. The smallest absolute Gasteiger partial charge is 0.189 e. The van der Waals surface area contributed by atoms with Crippen molar-refractivity contribution in [3.8, 4) is 0 Å². The standard InChI is InChI=1S/C26H28NOP/c1-26(2,25-27-22(19-28-25)18-21-12-6-3-7-13-21)20-29(23-14-8-4-9-15-23)24-16-10-5-11-17-24/h3-17,22H,18-20H2,1-2H3. The van der Waals surface area contributed by atoms with Gasteiger partial charge in [0.05, 0.1) is 6.04 Å². The minimum atomic E-state index is -0.478. The van der Waals surface area contributed by atoms with Gasteiger partial charge >= 0.3 is 0 Å². The highest BCUT2D eigenvalue weighted by atomic mass is 31.1. The van der Waals surface area contributed by atoms with Crippen molar-refractivity contribution in [1.29, 1.82) is 0 Å². The van der Waals surface area contributed by atoms with E-state index in [-0.39, 0.29) is 11.5 Å². The summed E-state index contributed by atoms with van der Waals surface area (Å²) in [5, 5.41) is 2.81. The maximum Gasteiger partial charge on any atom is 0.189 e. The molecule has 0 spiro atoms. The summed E-state index contributed by atoms with van der Waals surface area (Å²) in [6, 6.07) is 32.5. The Morgan fingerprint density at radius 3 is 1.90 bits per heavy atom. The van der Waals surface area contributed by atoms with Gasteiger partial charge in [0.2, 0.25) is 0 Å². The molecule has 2 nitrogen and oxygen atoms in total. The van der Waals surface area contributed by atoms with Crippen LogP contribution in [0.4, 0.5) is 0 Å². The van der Waals surface area contributed by atoms with Gasteiger partial charge < -0.3 is 4.74 Å². The Morgan fingerprint density at radius 2 is 1.34 bits per heavy atom. The van der Waals surface area contributed by atoms with E-state index in [1.165, 1.54) is 16.2 Å². The highest BCUT2D eigenvalue weighted by molar-refractivity contribution is 7.73. The first-order chi connectivity index (χ1) is 14.1. The Kier molecular flexibility index (Phi) is 6.11. The van der Waals surface area contributed by atoms with E-state index in [0.29, 0.717) is 6.61 Å². The molecule has 0 aliphatic carbocycles. The Hall–Kier alpha value is -2.44. The molecule has 0 bridgehead atoms. The largest absolute Gasteiger partial charge is 0.478 e. The summed E-state index contributed by atoms with van der Waals surface area (Å²) in [5.74, 6) is 0.915. The Bertz CT molecular complexity index is 899. The first-order valence-electron chi connectivity index (χ1n) is 10.2. The van der Waals surface area contributed by atoms with E-state index in [1.807, 2.05) is 0 Å². The Morgan fingerprint density at radius 1 is 0.828 bits per heavy atom. The highest BCUT2D eigenvalue weighted by Gasteiger charge is 2.35. The third-order valence-electron chi connectivity index (χ3n) is 5.29. The van der Waals surface area contributed by atoms with Gasteiger partial charge in [0.25, 0.3) is 0 Å². The van der Waals surface area contributed by atoms with Gasteiger partial charge in [0.1, 0.15) is 6.61 Å². The summed E-state index contributed by atoms with van der Waals surface area (Å²) in [5.41, 5.74) is 1.21. The summed E-state index contributed by atoms with van der Waals surface area (Å²) >= 11 is 0. The molecule has 1 unspecified atom stereocenters. The van der Waals surface area contributed by atoms with Crippen molar-refractivity contribution < 1.29 is 4.74 Å². The van der Waals surface area contributed by atoms with Crippen LogP contribution >= 0.6 is 7.92 Å². The van der Waals surface area contributed by atoms with Crippen LogP contribution in [0.15, 0.2) is 96.0 Å². The van der Waals surface area contributed by atoms with Gasteiger partial charge in [-0.05, 0) is 36.7 Å². The molecule has 0 aromatic heterocycles. The van der Waals surface area contributed by atoms with E-state index in [2.05, 4.69) is 105 Å². The van der Waals surface area contributed by atoms with Crippen LogP contribution in [0.3, 0.4) is 0 Å². The van der Waals surface area contributed by atoms with Crippen molar-refractivity contribution in [3.05, 3.63) is 96.6 Å². The number of ether oxygens (including phenoxy) is 1. The third kappa shape index (κ3) is 4.95. The molecule has 0 radical (unpaired) electrons. The molecule has 4 rings (SSSR count). The van der Waals surface area contributed by atoms with Crippen molar-refractivity contribution in [1.82, 2.24) is 0 Å². The molecule has 0 N–H and O–H groups in total. The molecule has 1 aliphatic rings. The molecule has 1 heterocycles. The van der Waals surface area contributed by atoms with Crippen LogP contribution in [0.2, 0.25) is 0 Å². The van der Waals surface area contributed by atoms with Gasteiger partial charge in [0.15, 0.2) is 5.90 Å². The van der Waals surface area contributed by atoms with Crippen molar-refractivity contribution in [2.75, 3.05) is 12.8 Å². The molecule has 1 aliphatic heterocycles. The summed E-state index contributed by atoms with van der Waals surface area (Å²) in [7, 11) is -0.478. The fraction of sp³-hybridized carbons (Fsp3) is 0.269. The van der Waals surface area contributed by atoms with Gasteiger partial charge in [-0.3, -0.25) is 0 Å². The maximum atomic E-state index is 6.14. The van der Waals surface area contributed by atoms with E-state index in [4.69, 9.17) is 9.73 Å². The summed E-state index contributed by atoms with van der Waals surface area (Å²) in [6.45, 7) is 5.23. The van der Waals surface area contributed by atoms with Gasteiger partial charge in [-0.15, -0.1) is 0 Å². The highest BCUT2D eigenvalue weighted by Crippen LogP contribution is 2.42. The molecular formula is C26H28NOP. The van der Waals surface area contributed by atoms with Crippen LogP contribution in [0.1, 0.15) is 19.4 Å². The number of benzene rings is 3. The third-order valence-corrected chi connectivity index (χ3v) is 8.24. The fourth-order valence-electron chi connectivity index (χ4n) is 3.79. The summed E-state index contributed by atoms with van der Waals surface area (Å²) < 4.78 is 6.14. The van der Waals surface area contributed by atoms with E-state index >= 15 is 0 Å². The minimum absolute atomic E-state index is 0.108. The molecular weight excluding hydrogens is 373 g/mol. The van der Waals surface area contributed by atoms with Crippen molar-refractivity contribution in [2.24, 2.45) is 10.4 Å². The number of hydrogen-bond donors (Lipinski definition) is 0. The van der Waals surface area contributed by atoms with Crippen molar-refractivity contribution in [2.45, 2.75) is 26.3 Å². The summed E-state index contributed by atoms with van der Waals surface area (Å²) in [4.78, 5) is 5.00. The predicted molar refractivity (Wildman–Crippen MR) is 125 cm³/mol. The van der Waals surface area contributed by atoms with Crippen LogP contribution in [-0.2, 0) is 11.2 Å². The number of aliphatic imine (C=N–C) groups is 1. The quantitative estimate of drug-likeness (QED) is 0.500. The number of rotatable bonds is 7. The van der Waals surface area contributed by atoms with E-state index in [1.54, 1.807) is 0 Å². The lowest BCUT2D eigenvalue weighted by Gasteiger charge is -2.30. The second-order valence-electron chi connectivity index (χ2n) is 8.23. The molecule has 0 saturated carbocycles. The first kappa shape index (κ1) is 19.9. The fourth-order valence-corrected chi connectivity index (χ4v) is 6.44. The molecule has 3 heteroatoms. The molecule has 0 saturated heterocycles. The second-order valence-corrected chi connectivity index (χ2v) is 10.4. The molecule has 0 fully saturated rings. The monoisotopic (exact) mass is 401 g/mol. The average molecular weight is 401 g/mol. The normalized spacial score (nSPS) is 16.5. The van der Waals surface area contributed by atoms with Gasteiger partial charge in [0, 0.05) is 5.41 Å². The Balaban J connectivity index is 1.54. The van der Waals surface area contributed by atoms with E-state index in [9.17, 15) is 0 Å². The van der Waals surface area contributed by atoms with Crippen molar-refractivity contribution in [3.63, 3.8) is 0 Å². The van der Waals surface area contributed by atoms with Crippen LogP contribution in [-0.4, -0.2) is 24.7 Å². The Labute approximate surface area is 175 Å². The zero-order valence-corrected chi connectivity index (χ0v) is 18.1. The predicted octanol–water partition coefficient (Wildman–Crippen LogP) is 5.19. The van der Waals surface area contributed by atoms with Gasteiger partial charge in [-0.25, -0.2) is 4.99 Å². The number of hydrogen-bond acceptors (Lipinski definition) is 2. The average Bonchev–Trinajstić information content (AvgIpc) is 3.24. The lowest BCUT2D eigenvalue weighted by Crippen LogP contribution is -2.31. The topological polar surface area (TPSA) is 21.6 Å². The van der Waals surface area contributed by atoms with Crippen LogP contribution in [0.5, 0.6) is 0 Å². The molecule has 1 atom stereocenters. The number of nitrogens with zero attached hydrogens (tertiary/aromatic N) is 1. The zero-order chi connectivity index (χ0) is 20.1. The molecule has 29 heavy (non-hydrogen) atoms. The van der Waals surface area contributed by atoms with Crippen LogP contribution < -0.4 is 10.6 Å². The summed E-state index contributed by atoms with van der Waals surface area (Å²) in [6.07, 6.45) is 1.96. The second kappa shape index (κ2) is 8.93. The zero-order valence-electron chi connectivity index (χ0n) is 17.2. The lowest BCUT2D eigenvalue weighted by molar-refractivity contribution is 0.283. The van der Waals surface area contributed by atoms with Gasteiger partial charge in [-0.2, -0.15) is 0 Å². The van der Waals surface area contributed by atoms with Gasteiger partial charge in [-0.1, -0.05) is 105 Å². The van der Waals surface area contributed by atoms with Crippen LogP contribution in [0.25, 0.3) is 0 Å². The minimum Gasteiger partial charge on any atom is -0.478 e. The molecule has 3 aromatic rings. The molecule has 0 amide bonds. The SMILES string of the molecule is CC(C)(CP(c1ccccc1)c1ccccc1)C1=NC(Cc2ccccc2)CO1. The van der Waals surface area contributed by atoms with E-state index in [0.717, 1.165) is 18.5 Å². The lowest BCUT2D eigenvalue weighted by atomic mass is 9.96. The molecule has 3 aromatic carbocycles. The van der Waals surface area contributed by atoms with Crippen molar-refractivity contribution >= 4 is 24.4 Å². The first-order valence-corrected chi connectivity index (χ1v) is 11.8.